The first-order chi connectivity index (χ1) is 25.5. The molecule has 4 aromatic rings. The fraction of sp³-hybridized carbons (Fsp3) is 0.500. The molecule has 0 unspecified atom stereocenters. The standard InChI is InChI=1S/C40H53F2N7O2SSi/c1-51-24-25-19-34(44-23-25)40(50)45-28-9-6-26(7-10-28)35-12-13-36(27-8-11-32-33(20-27)47-39(46-32)37(52)5-4-14-43)49(35)29-21-30(41)38(31(42)22-29)48-15-17-53(2,3)18-16-48/h6-11,20-22,25,34-37,44,52H,4-5,12-19,23-24,43H2,1-3H3,(H,45,50)(H,46,47)/q-1/t25-,34-,35+,36+,37-/m0/s1. The number of imidazole rings is 1. The maximum absolute atomic E-state index is 16.2. The second-order valence-electron chi connectivity index (χ2n) is 15.9. The average molecular weight is 762 g/mol. The molecular weight excluding hydrogens is 709 g/mol. The molecule has 3 aromatic carbocycles. The highest BCUT2D eigenvalue weighted by molar-refractivity contribution is 7.80. The van der Waals surface area contributed by atoms with Crippen molar-refractivity contribution in [2.24, 2.45) is 11.7 Å². The van der Waals surface area contributed by atoms with Crippen LogP contribution in [0.4, 0.5) is 25.8 Å². The molecule has 0 aliphatic carbocycles. The smallest absolute Gasteiger partial charge is 0.241 e. The van der Waals surface area contributed by atoms with Crippen LogP contribution in [0.3, 0.4) is 0 Å². The molecule has 1 amide bonds. The number of nitrogens with one attached hydrogen (secondary N) is 3. The van der Waals surface area contributed by atoms with Crippen molar-refractivity contribution in [1.82, 2.24) is 15.3 Å². The largest absolute Gasteiger partial charge is 0.384 e. The minimum atomic E-state index is -1.32. The average Bonchev–Trinajstić information content (AvgIpc) is 3.90. The normalized spacial score (nSPS) is 23.5. The van der Waals surface area contributed by atoms with Gasteiger partial charge in [0.05, 0.1) is 41.0 Å². The van der Waals surface area contributed by atoms with Crippen LogP contribution in [0.2, 0.25) is 25.2 Å². The van der Waals surface area contributed by atoms with E-state index in [-0.39, 0.29) is 35.0 Å². The molecule has 3 aliphatic rings. The molecule has 285 valence electrons. The first-order valence-corrected chi connectivity index (χ1v) is 23.0. The molecule has 1 aromatic heterocycles. The molecule has 0 spiro atoms. The maximum Gasteiger partial charge on any atom is 0.241 e. The summed E-state index contributed by atoms with van der Waals surface area (Å²) in [7, 11) is 0.355. The number of anilines is 3. The number of nitrogens with zero attached hydrogens (tertiary/aromatic N) is 3. The Morgan fingerprint density at radius 3 is 2.42 bits per heavy atom. The highest BCUT2D eigenvalue weighted by atomic mass is 32.1. The van der Waals surface area contributed by atoms with Gasteiger partial charge in [-0.2, -0.15) is 25.7 Å². The number of H-pyrrole nitrogens is 1. The van der Waals surface area contributed by atoms with Crippen molar-refractivity contribution in [2.75, 3.05) is 55.0 Å². The first kappa shape index (κ1) is 37.8. The molecule has 53 heavy (non-hydrogen) atoms. The number of nitrogens with two attached hydrogens (primary N) is 1. The molecule has 13 heteroatoms. The first-order valence-electron chi connectivity index (χ1n) is 19.1. The summed E-state index contributed by atoms with van der Waals surface area (Å²) in [4.78, 5) is 25.4. The second kappa shape index (κ2) is 16.1. The Kier molecular flexibility index (Phi) is 11.5. The Balaban J connectivity index is 1.18. The molecular formula is C40H53F2N7O2SSi-. The van der Waals surface area contributed by atoms with E-state index in [1.165, 1.54) is 12.1 Å². The number of aromatic nitrogens is 2. The third kappa shape index (κ3) is 8.29. The number of aromatic amines is 1. The van der Waals surface area contributed by atoms with E-state index in [1.807, 2.05) is 35.2 Å². The summed E-state index contributed by atoms with van der Waals surface area (Å²) >= 11 is 4.76. The van der Waals surface area contributed by atoms with Gasteiger partial charge in [0, 0.05) is 25.0 Å². The second-order valence-corrected chi connectivity index (χ2v) is 21.9. The highest BCUT2D eigenvalue weighted by Crippen LogP contribution is 2.48. The number of methoxy groups -OCH3 is 1. The molecule has 3 saturated heterocycles. The topological polar surface area (TPSA) is 112 Å². The molecule has 7 rings (SSSR count). The third-order valence-corrected chi connectivity index (χ3v) is 15.2. The van der Waals surface area contributed by atoms with Gasteiger partial charge in [0.25, 0.3) is 0 Å². The number of halogens is 2. The third-order valence-electron chi connectivity index (χ3n) is 11.5. The molecule has 5 atom stereocenters. The molecule has 5 N–H and O–H groups in total. The summed E-state index contributed by atoms with van der Waals surface area (Å²) in [5.41, 5.74) is 10.9. The minimum Gasteiger partial charge on any atom is -0.384 e. The fourth-order valence-electron chi connectivity index (χ4n) is 8.41. The van der Waals surface area contributed by atoms with Crippen LogP contribution < -0.4 is 26.2 Å². The van der Waals surface area contributed by atoms with Crippen LogP contribution in [-0.2, 0) is 9.53 Å². The van der Waals surface area contributed by atoms with Gasteiger partial charge < -0.3 is 35.9 Å². The van der Waals surface area contributed by atoms with Crippen molar-refractivity contribution in [2.45, 2.75) is 80.7 Å². The number of carbonyl (C=O) groups excluding carboxylic acids is 1. The number of carbonyl (C=O) groups is 1. The van der Waals surface area contributed by atoms with Gasteiger partial charge in [-0.1, -0.05) is 18.2 Å². The molecule has 0 saturated carbocycles. The van der Waals surface area contributed by atoms with Gasteiger partial charge in [-0.3, -0.25) is 4.79 Å². The van der Waals surface area contributed by atoms with Crippen molar-refractivity contribution < 1.29 is 18.3 Å². The van der Waals surface area contributed by atoms with Crippen molar-refractivity contribution in [3.05, 3.63) is 83.2 Å². The quantitative estimate of drug-likeness (QED) is 0.0743. The van der Waals surface area contributed by atoms with Crippen LogP contribution in [0.15, 0.2) is 54.6 Å². The van der Waals surface area contributed by atoms with Crippen LogP contribution >= 0.6 is 12.6 Å². The fourth-order valence-corrected chi connectivity index (χ4v) is 10.7. The molecule has 3 fully saturated rings. The maximum atomic E-state index is 16.2. The molecule has 9 nitrogen and oxygen atoms in total. The van der Waals surface area contributed by atoms with Gasteiger partial charge in [-0.25, -0.2) is 13.8 Å². The van der Waals surface area contributed by atoms with Crippen LogP contribution in [0.5, 0.6) is 0 Å². The van der Waals surface area contributed by atoms with Crippen molar-refractivity contribution in [1.29, 1.82) is 0 Å². The van der Waals surface area contributed by atoms with Crippen molar-refractivity contribution in [3.63, 3.8) is 0 Å². The Labute approximate surface area is 317 Å². The Morgan fingerprint density at radius 2 is 1.74 bits per heavy atom. The number of hydrogen-bond acceptors (Lipinski definition) is 8. The number of thiol groups is 1. The SMILES string of the molecule is COC[C@@H]1CN[C@H](C(=O)Nc2ccc([C@H]3CC[C@H](c4ccc5nc([C@@H](S)CCCN)[nH]c5c4)N3c3cc(F)c(N4CC[Si-](C)(C)CC4)c(F)c3)cc2)C1. The van der Waals surface area contributed by atoms with Crippen molar-refractivity contribution >= 4 is 54.7 Å². The number of rotatable bonds is 12. The monoisotopic (exact) mass is 761 g/mol. The van der Waals surface area contributed by atoms with E-state index in [0.29, 0.717) is 43.5 Å². The predicted octanol–water partition coefficient (Wildman–Crippen LogP) is 7.73. The van der Waals surface area contributed by atoms with Crippen LogP contribution in [0, 0.1) is 17.6 Å². The lowest BCUT2D eigenvalue weighted by molar-refractivity contribution is -0.117. The molecule has 4 heterocycles. The van der Waals surface area contributed by atoms with E-state index >= 15 is 8.78 Å². The van der Waals surface area contributed by atoms with Gasteiger partial charge in [0.15, 0.2) is 11.6 Å². The lowest BCUT2D eigenvalue weighted by Crippen LogP contribution is -2.43. The summed E-state index contributed by atoms with van der Waals surface area (Å²) in [6.07, 6.45) is 3.98. The lowest BCUT2D eigenvalue weighted by Gasteiger charge is -2.44. The zero-order valence-electron chi connectivity index (χ0n) is 31.0. The van der Waals surface area contributed by atoms with E-state index in [4.69, 9.17) is 28.1 Å². The summed E-state index contributed by atoms with van der Waals surface area (Å²) in [5, 5.41) is 6.31. The van der Waals surface area contributed by atoms with Gasteiger partial charge >= 0.3 is 0 Å². The highest BCUT2D eigenvalue weighted by Gasteiger charge is 2.37. The number of amides is 1. The van der Waals surface area contributed by atoms with Crippen LogP contribution in [0.25, 0.3) is 11.0 Å². The Morgan fingerprint density at radius 1 is 1.06 bits per heavy atom. The zero-order chi connectivity index (χ0) is 37.3. The van der Waals surface area contributed by atoms with E-state index in [0.717, 1.165) is 78.7 Å². The minimum absolute atomic E-state index is 0.0469. The van der Waals surface area contributed by atoms with E-state index in [2.05, 4.69) is 45.7 Å². The molecule has 0 bridgehead atoms. The number of fused-ring (bicyclic) bond motifs is 1. The zero-order valence-corrected chi connectivity index (χ0v) is 32.9. The van der Waals surface area contributed by atoms with Crippen molar-refractivity contribution in [3.8, 4) is 0 Å². The van der Waals surface area contributed by atoms with E-state index in [9.17, 15) is 4.79 Å². The van der Waals surface area contributed by atoms with Crippen LogP contribution in [-0.4, -0.2) is 69.9 Å². The van der Waals surface area contributed by atoms with Gasteiger partial charge in [0.2, 0.25) is 5.91 Å². The Hall–Kier alpha value is -3.49. The number of ether oxygens (including phenoxy) is 1. The summed E-state index contributed by atoms with van der Waals surface area (Å²) in [5.74, 6) is 0.00927. The summed E-state index contributed by atoms with van der Waals surface area (Å²) < 4.78 is 37.6. The lowest BCUT2D eigenvalue weighted by atomic mass is 10.0. The number of benzene rings is 3. The molecule has 3 aliphatic heterocycles. The van der Waals surface area contributed by atoms with Crippen LogP contribution in [0.1, 0.15) is 66.4 Å². The van der Waals surface area contributed by atoms with Gasteiger partial charge in [-0.05, 0) is 105 Å². The van der Waals surface area contributed by atoms with E-state index in [1.54, 1.807) is 7.11 Å². The predicted molar refractivity (Wildman–Crippen MR) is 216 cm³/mol. The summed E-state index contributed by atoms with van der Waals surface area (Å²) in [6, 6.07) is 18.6. The Bertz CT molecular complexity index is 1880. The van der Waals surface area contributed by atoms with E-state index < -0.39 is 19.7 Å². The molecule has 0 radical (unpaired) electrons. The van der Waals surface area contributed by atoms with Gasteiger partial charge in [-0.15, -0.1) is 20.2 Å². The summed E-state index contributed by atoms with van der Waals surface area (Å²) in [6.45, 7) is 8.04. The number of hydrogen-bond donors (Lipinski definition) is 5. The van der Waals surface area contributed by atoms with Gasteiger partial charge in [0.1, 0.15) is 11.5 Å².